The van der Waals surface area contributed by atoms with Gasteiger partial charge in [0, 0.05) is 19.3 Å². The lowest BCUT2D eigenvalue weighted by atomic mass is 10.0. The molecule has 0 radical (unpaired) electrons. The van der Waals surface area contributed by atoms with Gasteiger partial charge in [0.2, 0.25) is 0 Å². The summed E-state index contributed by atoms with van der Waals surface area (Å²) in [4.78, 5) is 37.4. The molecule has 0 heterocycles. The number of hydrogen-bond donors (Lipinski definition) is 0. The zero-order valence-corrected chi connectivity index (χ0v) is 36.1. The molecule has 0 aromatic carbocycles. The Hall–Kier alpha value is -1.59. The standard InChI is InChI=1S/C47H90O6/c1-6-7-8-25-34-39-47(50)53-44(41-52-46(49)38-33-29-24-20-19-22-27-31-36-43(4)5)40-51-45(48)37-32-28-23-18-16-14-12-10-9-11-13-15-17-21-26-30-35-42(2)3/h42-44H,6-41H2,1-5H3/t44-/m1/s1. The van der Waals surface area contributed by atoms with Crippen molar-refractivity contribution in [3.8, 4) is 0 Å². The number of rotatable bonds is 41. The summed E-state index contributed by atoms with van der Waals surface area (Å²) in [5, 5.41) is 0. The van der Waals surface area contributed by atoms with Gasteiger partial charge in [-0.1, -0.05) is 214 Å². The number of hydrogen-bond acceptors (Lipinski definition) is 6. The third-order valence-corrected chi connectivity index (χ3v) is 10.5. The van der Waals surface area contributed by atoms with Crippen molar-refractivity contribution in [3.05, 3.63) is 0 Å². The van der Waals surface area contributed by atoms with E-state index < -0.39 is 6.10 Å². The van der Waals surface area contributed by atoms with Crippen LogP contribution in [0.25, 0.3) is 0 Å². The molecule has 0 saturated heterocycles. The molecule has 0 aromatic heterocycles. The van der Waals surface area contributed by atoms with Crippen molar-refractivity contribution in [2.75, 3.05) is 13.2 Å². The summed E-state index contributed by atoms with van der Waals surface area (Å²) < 4.78 is 16.6. The highest BCUT2D eigenvalue weighted by molar-refractivity contribution is 5.71. The van der Waals surface area contributed by atoms with E-state index in [1.54, 1.807) is 0 Å². The lowest BCUT2D eigenvalue weighted by molar-refractivity contribution is -0.167. The smallest absolute Gasteiger partial charge is 0.306 e. The Morgan fingerprint density at radius 2 is 0.623 bits per heavy atom. The van der Waals surface area contributed by atoms with Gasteiger partial charge in [-0.3, -0.25) is 14.4 Å². The average Bonchev–Trinajstić information content (AvgIpc) is 3.12. The number of carbonyl (C=O) groups is 3. The predicted molar refractivity (Wildman–Crippen MR) is 224 cm³/mol. The molecule has 0 fully saturated rings. The molecule has 0 unspecified atom stereocenters. The third kappa shape index (κ3) is 41.4. The fourth-order valence-corrected chi connectivity index (χ4v) is 6.93. The van der Waals surface area contributed by atoms with E-state index in [1.807, 2.05) is 0 Å². The molecule has 314 valence electrons. The molecule has 0 spiro atoms. The fraction of sp³-hybridized carbons (Fsp3) is 0.936. The van der Waals surface area contributed by atoms with Crippen LogP contribution in [0.4, 0.5) is 0 Å². The Bertz CT molecular complexity index is 809. The van der Waals surface area contributed by atoms with Gasteiger partial charge in [0.25, 0.3) is 0 Å². The number of ether oxygens (including phenoxy) is 3. The maximum absolute atomic E-state index is 12.5. The van der Waals surface area contributed by atoms with E-state index in [0.29, 0.717) is 19.3 Å². The molecule has 53 heavy (non-hydrogen) atoms. The van der Waals surface area contributed by atoms with Gasteiger partial charge in [-0.25, -0.2) is 0 Å². The van der Waals surface area contributed by atoms with Crippen LogP contribution in [-0.2, 0) is 28.6 Å². The Balaban J connectivity index is 4.07. The molecule has 0 N–H and O–H groups in total. The van der Waals surface area contributed by atoms with Crippen LogP contribution < -0.4 is 0 Å². The molecule has 0 saturated carbocycles. The molecule has 0 bridgehead atoms. The van der Waals surface area contributed by atoms with Gasteiger partial charge in [0.05, 0.1) is 0 Å². The van der Waals surface area contributed by atoms with E-state index in [9.17, 15) is 14.4 Å². The highest BCUT2D eigenvalue weighted by Gasteiger charge is 2.19. The van der Waals surface area contributed by atoms with Crippen LogP contribution in [0, 0.1) is 11.8 Å². The summed E-state index contributed by atoms with van der Waals surface area (Å²) in [6.07, 6.45) is 38.4. The maximum Gasteiger partial charge on any atom is 0.306 e. The first kappa shape index (κ1) is 51.4. The lowest BCUT2D eigenvalue weighted by Gasteiger charge is -2.18. The van der Waals surface area contributed by atoms with Gasteiger partial charge in [-0.15, -0.1) is 0 Å². The lowest BCUT2D eigenvalue weighted by Crippen LogP contribution is -2.30. The van der Waals surface area contributed by atoms with E-state index in [1.165, 1.54) is 135 Å². The van der Waals surface area contributed by atoms with Gasteiger partial charge < -0.3 is 14.2 Å². The first-order chi connectivity index (χ1) is 25.7. The van der Waals surface area contributed by atoms with Crippen molar-refractivity contribution in [3.63, 3.8) is 0 Å². The second kappa shape index (κ2) is 40.1. The molecule has 6 nitrogen and oxygen atoms in total. The third-order valence-electron chi connectivity index (χ3n) is 10.5. The van der Waals surface area contributed by atoms with Crippen molar-refractivity contribution >= 4 is 17.9 Å². The van der Waals surface area contributed by atoms with Crippen LogP contribution in [-0.4, -0.2) is 37.2 Å². The Morgan fingerprint density at radius 3 is 0.925 bits per heavy atom. The SMILES string of the molecule is CCCCCCCC(=O)O[C@H](COC(=O)CCCCCCCCCCCCCCCCCCC(C)C)COC(=O)CCCCCCCCCCC(C)C. The number of carbonyl (C=O) groups excluding carboxylic acids is 3. The minimum Gasteiger partial charge on any atom is -0.462 e. The zero-order valence-electron chi connectivity index (χ0n) is 36.1. The van der Waals surface area contributed by atoms with Gasteiger partial charge in [-0.05, 0) is 31.1 Å². The minimum atomic E-state index is -0.758. The average molecular weight is 751 g/mol. The number of unbranched alkanes of at least 4 members (excludes halogenated alkanes) is 26. The summed E-state index contributed by atoms with van der Waals surface area (Å²) in [5.74, 6) is 0.777. The van der Waals surface area contributed by atoms with Crippen molar-refractivity contribution in [1.82, 2.24) is 0 Å². The van der Waals surface area contributed by atoms with E-state index >= 15 is 0 Å². The highest BCUT2D eigenvalue weighted by atomic mass is 16.6. The Kier molecular flexibility index (Phi) is 38.9. The first-order valence-corrected chi connectivity index (χ1v) is 23.2. The minimum absolute atomic E-state index is 0.0662. The molecule has 0 aromatic rings. The van der Waals surface area contributed by atoms with Crippen LogP contribution in [0.2, 0.25) is 0 Å². The molecule has 0 amide bonds. The van der Waals surface area contributed by atoms with Crippen LogP contribution in [0.5, 0.6) is 0 Å². The van der Waals surface area contributed by atoms with Crippen LogP contribution >= 0.6 is 0 Å². The molecule has 6 heteroatoms. The second-order valence-corrected chi connectivity index (χ2v) is 17.0. The Morgan fingerprint density at radius 1 is 0.358 bits per heavy atom. The summed E-state index contributed by atoms with van der Waals surface area (Å²) in [6.45, 7) is 11.2. The van der Waals surface area contributed by atoms with Crippen molar-refractivity contribution in [2.24, 2.45) is 11.8 Å². The molecule has 0 aliphatic heterocycles. The largest absolute Gasteiger partial charge is 0.462 e. The van der Waals surface area contributed by atoms with Crippen LogP contribution in [0.3, 0.4) is 0 Å². The number of esters is 3. The fourth-order valence-electron chi connectivity index (χ4n) is 6.93. The molecule has 0 aliphatic rings. The molecule has 1 atom stereocenters. The topological polar surface area (TPSA) is 78.9 Å². The normalized spacial score (nSPS) is 12.1. The first-order valence-electron chi connectivity index (χ1n) is 23.2. The summed E-state index contributed by atoms with van der Waals surface area (Å²) >= 11 is 0. The maximum atomic E-state index is 12.5. The molecular formula is C47H90O6. The molecule has 0 rings (SSSR count). The zero-order chi connectivity index (χ0) is 39.0. The predicted octanol–water partition coefficient (Wildman–Crippen LogP) is 14.6. The van der Waals surface area contributed by atoms with Gasteiger partial charge in [-0.2, -0.15) is 0 Å². The highest BCUT2D eigenvalue weighted by Crippen LogP contribution is 2.17. The molecular weight excluding hydrogens is 661 g/mol. The van der Waals surface area contributed by atoms with E-state index in [0.717, 1.165) is 76.0 Å². The van der Waals surface area contributed by atoms with Gasteiger partial charge in [0.15, 0.2) is 6.10 Å². The van der Waals surface area contributed by atoms with E-state index in [2.05, 4.69) is 34.6 Å². The van der Waals surface area contributed by atoms with Crippen LogP contribution in [0.15, 0.2) is 0 Å². The van der Waals surface area contributed by atoms with Crippen LogP contribution in [0.1, 0.15) is 253 Å². The van der Waals surface area contributed by atoms with Crippen molar-refractivity contribution in [2.45, 2.75) is 259 Å². The summed E-state index contributed by atoms with van der Waals surface area (Å²) in [7, 11) is 0. The van der Waals surface area contributed by atoms with Gasteiger partial charge in [0.1, 0.15) is 13.2 Å². The van der Waals surface area contributed by atoms with Crippen molar-refractivity contribution in [1.29, 1.82) is 0 Å². The summed E-state index contributed by atoms with van der Waals surface area (Å²) in [5.41, 5.74) is 0. The van der Waals surface area contributed by atoms with E-state index in [4.69, 9.17) is 14.2 Å². The van der Waals surface area contributed by atoms with Gasteiger partial charge >= 0.3 is 17.9 Å². The second-order valence-electron chi connectivity index (χ2n) is 17.0. The monoisotopic (exact) mass is 751 g/mol. The quantitative estimate of drug-likeness (QED) is 0.0352. The summed E-state index contributed by atoms with van der Waals surface area (Å²) in [6, 6.07) is 0. The van der Waals surface area contributed by atoms with E-state index in [-0.39, 0.29) is 31.1 Å². The van der Waals surface area contributed by atoms with Crippen molar-refractivity contribution < 1.29 is 28.6 Å². The molecule has 0 aliphatic carbocycles. The Labute approximate surface area is 329 Å².